The number of benzene rings is 1. The van der Waals surface area contributed by atoms with E-state index in [-0.39, 0.29) is 11.4 Å². The molecule has 0 aliphatic carbocycles. The van der Waals surface area contributed by atoms with Gasteiger partial charge in [-0.25, -0.2) is 9.18 Å². The molecule has 0 saturated heterocycles. The maximum atomic E-state index is 14.1. The minimum Gasteiger partial charge on any atom is -0.477 e. The van der Waals surface area contributed by atoms with E-state index in [1.165, 1.54) is 6.07 Å². The van der Waals surface area contributed by atoms with Crippen molar-refractivity contribution in [2.45, 2.75) is 6.54 Å². The van der Waals surface area contributed by atoms with Crippen molar-refractivity contribution < 1.29 is 14.3 Å². The molecule has 0 bridgehead atoms. The number of carboxylic acids is 1. The summed E-state index contributed by atoms with van der Waals surface area (Å²) in [4.78, 5) is 11.5. The van der Waals surface area contributed by atoms with Crippen LogP contribution in [-0.4, -0.2) is 15.6 Å². The van der Waals surface area contributed by atoms with Gasteiger partial charge in [0.2, 0.25) is 0 Å². The zero-order chi connectivity index (χ0) is 15.0. The molecule has 6 heteroatoms. The molecule has 3 rings (SSSR count). The predicted octanol–water partition coefficient (Wildman–Crippen LogP) is 3.46. The van der Waals surface area contributed by atoms with Crippen LogP contribution in [0.1, 0.15) is 20.9 Å². The van der Waals surface area contributed by atoms with Gasteiger partial charge in [0.15, 0.2) is 0 Å². The molecule has 0 aliphatic heterocycles. The number of nitriles is 1. The Bertz CT molecular complexity index is 889. The Morgan fingerprint density at radius 1 is 1.38 bits per heavy atom. The number of carboxylic acid groups (broad SMARTS) is 1. The Balaban J connectivity index is 2.23. The van der Waals surface area contributed by atoms with Gasteiger partial charge in [-0.3, -0.25) is 0 Å². The van der Waals surface area contributed by atoms with E-state index in [9.17, 15) is 14.3 Å². The first kappa shape index (κ1) is 13.3. The average Bonchev–Trinajstić information content (AvgIpc) is 3.04. The van der Waals surface area contributed by atoms with Crippen molar-refractivity contribution in [3.63, 3.8) is 0 Å². The Morgan fingerprint density at radius 3 is 2.90 bits per heavy atom. The molecular formula is C15H9FN2O2S. The summed E-state index contributed by atoms with van der Waals surface area (Å²) in [6.07, 6.45) is 1.68. The number of aromatic carboxylic acids is 1. The molecule has 0 atom stereocenters. The summed E-state index contributed by atoms with van der Waals surface area (Å²) in [6.45, 7) is 0.151. The number of thiophene rings is 1. The van der Waals surface area contributed by atoms with Crippen LogP contribution in [-0.2, 0) is 6.54 Å². The van der Waals surface area contributed by atoms with Crippen molar-refractivity contribution in [3.8, 4) is 6.07 Å². The van der Waals surface area contributed by atoms with Gasteiger partial charge in [-0.2, -0.15) is 5.26 Å². The van der Waals surface area contributed by atoms with E-state index in [1.807, 2.05) is 6.07 Å². The molecular weight excluding hydrogens is 291 g/mol. The number of rotatable bonds is 3. The van der Waals surface area contributed by atoms with E-state index in [1.54, 1.807) is 35.0 Å². The number of hydrogen-bond acceptors (Lipinski definition) is 3. The van der Waals surface area contributed by atoms with Gasteiger partial charge in [-0.15, -0.1) is 11.3 Å². The average molecular weight is 300 g/mol. The lowest BCUT2D eigenvalue weighted by atomic mass is 10.1. The van der Waals surface area contributed by atoms with Crippen molar-refractivity contribution in [2.24, 2.45) is 0 Å². The van der Waals surface area contributed by atoms with Gasteiger partial charge < -0.3 is 9.67 Å². The fraction of sp³-hybridized carbons (Fsp3) is 0.0667. The second-order valence-electron chi connectivity index (χ2n) is 4.46. The summed E-state index contributed by atoms with van der Waals surface area (Å²) >= 11 is 1.05. The summed E-state index contributed by atoms with van der Waals surface area (Å²) in [7, 11) is 0. The Morgan fingerprint density at radius 2 is 2.19 bits per heavy atom. The first-order chi connectivity index (χ1) is 10.1. The minimum absolute atomic E-state index is 0.104. The minimum atomic E-state index is -1.09. The summed E-state index contributed by atoms with van der Waals surface area (Å²) < 4.78 is 16.3. The summed E-state index contributed by atoms with van der Waals surface area (Å²) in [5.74, 6) is -1.53. The third-order valence-corrected chi connectivity index (χ3v) is 4.42. The van der Waals surface area contributed by atoms with Crippen LogP contribution in [0.5, 0.6) is 0 Å². The van der Waals surface area contributed by atoms with E-state index in [0.717, 1.165) is 11.3 Å². The van der Waals surface area contributed by atoms with Gasteiger partial charge in [0.1, 0.15) is 22.5 Å². The van der Waals surface area contributed by atoms with Crippen molar-refractivity contribution in [1.29, 1.82) is 5.26 Å². The third-order valence-electron chi connectivity index (χ3n) is 3.23. The molecule has 0 aliphatic rings. The SMILES string of the molecule is N#Cc1cccn1Cc1c(C(=O)O)sc2cccc(F)c12. The standard InChI is InChI=1S/C15H9FN2O2S/c16-11-4-1-5-12-13(11)10(14(21-12)15(19)20)8-18-6-2-3-9(18)7-17/h1-6H,8H2,(H,19,20). The molecule has 104 valence electrons. The van der Waals surface area contributed by atoms with Gasteiger partial charge in [0, 0.05) is 21.8 Å². The first-order valence-corrected chi connectivity index (χ1v) is 6.92. The monoisotopic (exact) mass is 300 g/mol. The fourth-order valence-corrected chi connectivity index (χ4v) is 3.38. The zero-order valence-electron chi connectivity index (χ0n) is 10.7. The highest BCUT2D eigenvalue weighted by atomic mass is 32.1. The maximum Gasteiger partial charge on any atom is 0.346 e. The smallest absolute Gasteiger partial charge is 0.346 e. The van der Waals surface area contributed by atoms with Gasteiger partial charge in [0.25, 0.3) is 0 Å². The third kappa shape index (κ3) is 2.18. The molecule has 3 aromatic rings. The summed E-state index contributed by atoms with van der Waals surface area (Å²) in [5, 5.41) is 18.7. The lowest BCUT2D eigenvalue weighted by Crippen LogP contribution is -2.05. The van der Waals surface area contributed by atoms with Crippen molar-refractivity contribution >= 4 is 27.4 Å². The normalized spacial score (nSPS) is 10.7. The molecule has 2 heterocycles. The van der Waals surface area contributed by atoms with Crippen LogP contribution in [0.4, 0.5) is 4.39 Å². The maximum absolute atomic E-state index is 14.1. The highest BCUT2D eigenvalue weighted by Gasteiger charge is 2.20. The van der Waals surface area contributed by atoms with E-state index in [4.69, 9.17) is 5.26 Å². The number of halogens is 1. The van der Waals surface area contributed by atoms with Crippen LogP contribution in [0.2, 0.25) is 0 Å². The molecule has 0 amide bonds. The molecule has 2 aromatic heterocycles. The predicted molar refractivity (Wildman–Crippen MR) is 77.0 cm³/mol. The second-order valence-corrected chi connectivity index (χ2v) is 5.51. The molecule has 0 radical (unpaired) electrons. The van der Waals surface area contributed by atoms with Crippen LogP contribution in [0.25, 0.3) is 10.1 Å². The number of fused-ring (bicyclic) bond motifs is 1. The lowest BCUT2D eigenvalue weighted by molar-refractivity contribution is 0.0701. The number of hydrogen-bond donors (Lipinski definition) is 1. The van der Waals surface area contributed by atoms with Gasteiger partial charge in [-0.1, -0.05) is 6.07 Å². The van der Waals surface area contributed by atoms with E-state index >= 15 is 0 Å². The molecule has 0 fully saturated rings. The zero-order valence-corrected chi connectivity index (χ0v) is 11.5. The lowest BCUT2D eigenvalue weighted by Gasteiger charge is -2.06. The number of nitrogens with zero attached hydrogens (tertiary/aromatic N) is 2. The van der Waals surface area contributed by atoms with Gasteiger partial charge in [0.05, 0.1) is 6.54 Å². The highest BCUT2D eigenvalue weighted by Crippen LogP contribution is 2.34. The number of carbonyl (C=O) groups is 1. The molecule has 1 aromatic carbocycles. The fourth-order valence-electron chi connectivity index (χ4n) is 2.31. The van der Waals surface area contributed by atoms with Crippen LogP contribution in [0.3, 0.4) is 0 Å². The van der Waals surface area contributed by atoms with Crippen molar-refractivity contribution in [2.75, 3.05) is 0 Å². The first-order valence-electron chi connectivity index (χ1n) is 6.10. The highest BCUT2D eigenvalue weighted by molar-refractivity contribution is 7.21. The second kappa shape index (κ2) is 5.04. The van der Waals surface area contributed by atoms with Gasteiger partial charge in [-0.05, 0) is 24.3 Å². The largest absolute Gasteiger partial charge is 0.477 e. The Labute approximate surface area is 123 Å². The van der Waals surface area contributed by atoms with E-state index in [2.05, 4.69) is 0 Å². The topological polar surface area (TPSA) is 66.0 Å². The van der Waals surface area contributed by atoms with Crippen LogP contribution < -0.4 is 0 Å². The van der Waals surface area contributed by atoms with Crippen LogP contribution in [0.15, 0.2) is 36.5 Å². The molecule has 1 N–H and O–H groups in total. The van der Waals surface area contributed by atoms with Crippen molar-refractivity contribution in [3.05, 3.63) is 58.5 Å². The Hall–Kier alpha value is -2.65. The quantitative estimate of drug-likeness (QED) is 0.805. The molecule has 0 unspecified atom stereocenters. The van der Waals surface area contributed by atoms with Gasteiger partial charge >= 0.3 is 5.97 Å². The van der Waals surface area contributed by atoms with Crippen LogP contribution >= 0.6 is 11.3 Å². The summed E-state index contributed by atoms with van der Waals surface area (Å²) in [6, 6.07) is 9.91. The molecule has 4 nitrogen and oxygen atoms in total. The molecule has 21 heavy (non-hydrogen) atoms. The number of aromatic nitrogens is 1. The Kier molecular flexibility index (Phi) is 3.20. The van der Waals surface area contributed by atoms with Crippen molar-refractivity contribution in [1.82, 2.24) is 4.57 Å². The molecule has 0 saturated carbocycles. The van der Waals surface area contributed by atoms with Crippen LogP contribution in [0, 0.1) is 17.1 Å². The van der Waals surface area contributed by atoms with E-state index < -0.39 is 11.8 Å². The summed E-state index contributed by atoms with van der Waals surface area (Å²) in [5.41, 5.74) is 0.801. The molecule has 0 spiro atoms. The van der Waals surface area contributed by atoms with E-state index in [0.29, 0.717) is 21.3 Å².